The number of hydrogen-bond donors (Lipinski definition) is 0. The summed E-state index contributed by atoms with van der Waals surface area (Å²) in [6, 6.07) is 13.2. The third kappa shape index (κ3) is 7.78. The Bertz CT molecular complexity index is 1150. The van der Waals surface area contributed by atoms with Crippen LogP contribution in [0.3, 0.4) is 0 Å². The Labute approximate surface area is 222 Å². The van der Waals surface area contributed by atoms with Crippen molar-refractivity contribution in [1.82, 2.24) is 4.90 Å². The molecule has 2 aromatic carbocycles. The normalized spacial score (nSPS) is 11.5. The molecule has 200 valence electrons. The van der Waals surface area contributed by atoms with Gasteiger partial charge in [-0.3, -0.25) is 9.69 Å². The minimum Gasteiger partial charge on any atom is -0.460 e. The van der Waals surface area contributed by atoms with Crippen molar-refractivity contribution in [2.24, 2.45) is 0 Å². The molecule has 0 radical (unpaired) electrons. The van der Waals surface area contributed by atoms with Crippen LogP contribution >= 0.6 is 0 Å². The molecule has 1 heterocycles. The van der Waals surface area contributed by atoms with E-state index < -0.39 is 5.97 Å². The number of hydrogen-bond acceptors (Lipinski definition) is 5. The van der Waals surface area contributed by atoms with Crippen LogP contribution in [-0.4, -0.2) is 35.8 Å². The molecule has 0 unspecified atom stereocenters. The molecule has 0 aliphatic heterocycles. The Morgan fingerprint density at radius 1 is 0.865 bits per heavy atom. The van der Waals surface area contributed by atoms with E-state index in [1.165, 1.54) is 31.2 Å². The first kappa shape index (κ1) is 28.6. The maximum Gasteiger partial charge on any atom is 0.338 e. The second-order valence-electron chi connectivity index (χ2n) is 10.2. The van der Waals surface area contributed by atoms with Gasteiger partial charge in [-0.2, -0.15) is 0 Å². The molecule has 0 fully saturated rings. The van der Waals surface area contributed by atoms with E-state index in [9.17, 15) is 9.59 Å². The molecular formula is C32H43NO4. The monoisotopic (exact) mass is 505 g/mol. The summed E-state index contributed by atoms with van der Waals surface area (Å²) in [7, 11) is 0. The highest BCUT2D eigenvalue weighted by Crippen LogP contribution is 2.31. The number of esters is 1. The van der Waals surface area contributed by atoms with Gasteiger partial charge in [-0.15, -0.1) is 0 Å². The molecule has 0 aliphatic rings. The van der Waals surface area contributed by atoms with Gasteiger partial charge < -0.3 is 9.15 Å². The highest BCUT2D eigenvalue weighted by Gasteiger charge is 2.23. The van der Waals surface area contributed by atoms with Gasteiger partial charge in [-0.05, 0) is 70.0 Å². The molecule has 5 nitrogen and oxygen atoms in total. The zero-order valence-electron chi connectivity index (χ0n) is 23.3. The Kier molecular flexibility index (Phi) is 10.9. The average Bonchev–Trinajstić information content (AvgIpc) is 3.26. The van der Waals surface area contributed by atoms with E-state index in [1.54, 1.807) is 18.2 Å². The second kappa shape index (κ2) is 14.1. The van der Waals surface area contributed by atoms with Gasteiger partial charge in [-0.1, -0.05) is 64.3 Å². The first-order valence-corrected chi connectivity index (χ1v) is 14.0. The van der Waals surface area contributed by atoms with Crippen LogP contribution in [0.4, 0.5) is 0 Å². The third-order valence-corrected chi connectivity index (χ3v) is 6.60. The van der Waals surface area contributed by atoms with Gasteiger partial charge in [0.25, 0.3) is 0 Å². The van der Waals surface area contributed by atoms with Crippen molar-refractivity contribution in [3.63, 3.8) is 0 Å². The molecule has 3 rings (SSSR count). The van der Waals surface area contributed by atoms with E-state index in [-0.39, 0.29) is 11.9 Å². The smallest absolute Gasteiger partial charge is 0.338 e. The van der Waals surface area contributed by atoms with Crippen LogP contribution in [0, 0.1) is 0 Å². The molecular weight excluding hydrogens is 462 g/mol. The average molecular weight is 506 g/mol. The zero-order chi connectivity index (χ0) is 26.8. The lowest BCUT2D eigenvalue weighted by molar-refractivity contribution is 0.0378. The van der Waals surface area contributed by atoms with Crippen LogP contribution in [0.15, 0.2) is 46.9 Å². The summed E-state index contributed by atoms with van der Waals surface area (Å²) in [5.74, 6) is 0.219. The largest absolute Gasteiger partial charge is 0.460 e. The lowest BCUT2D eigenvalue weighted by Crippen LogP contribution is -2.25. The van der Waals surface area contributed by atoms with Gasteiger partial charge in [0.05, 0.1) is 17.2 Å². The van der Waals surface area contributed by atoms with Crippen molar-refractivity contribution in [3.05, 3.63) is 70.5 Å². The van der Waals surface area contributed by atoms with Gasteiger partial charge >= 0.3 is 5.97 Å². The van der Waals surface area contributed by atoms with Crippen molar-refractivity contribution in [3.8, 4) is 0 Å². The van der Waals surface area contributed by atoms with Gasteiger partial charge in [-0.25, -0.2) is 4.79 Å². The molecule has 0 bridgehead atoms. The Morgan fingerprint density at radius 2 is 1.49 bits per heavy atom. The minimum atomic E-state index is -0.397. The number of carbonyl (C=O) groups excluding carboxylic acids is 2. The summed E-state index contributed by atoms with van der Waals surface area (Å²) in [6.07, 6.45) is 7.15. The number of unbranched alkanes of at least 4 members (excludes halogenated alkanes) is 3. The topological polar surface area (TPSA) is 59.8 Å². The Hall–Kier alpha value is -2.92. The van der Waals surface area contributed by atoms with Crippen LogP contribution < -0.4 is 0 Å². The first-order chi connectivity index (χ1) is 17.9. The number of ketones is 1. The lowest BCUT2D eigenvalue weighted by atomic mass is 9.96. The van der Waals surface area contributed by atoms with Gasteiger partial charge in [0.1, 0.15) is 11.3 Å². The maximum atomic E-state index is 13.8. The second-order valence-corrected chi connectivity index (χ2v) is 10.2. The minimum absolute atomic E-state index is 0.0698. The van der Waals surface area contributed by atoms with E-state index >= 15 is 0 Å². The summed E-state index contributed by atoms with van der Waals surface area (Å²) >= 11 is 0. The molecule has 37 heavy (non-hydrogen) atoms. The Morgan fingerprint density at radius 3 is 2.08 bits per heavy atom. The van der Waals surface area contributed by atoms with Crippen molar-refractivity contribution in [2.75, 3.05) is 13.1 Å². The number of carbonyl (C=O) groups is 2. The van der Waals surface area contributed by atoms with Crippen molar-refractivity contribution < 1.29 is 18.7 Å². The molecule has 0 saturated carbocycles. The molecule has 0 spiro atoms. The number of nitrogens with zero attached hydrogens (tertiary/aromatic N) is 1. The molecule has 5 heteroatoms. The van der Waals surface area contributed by atoms with E-state index in [1.807, 2.05) is 26.0 Å². The van der Waals surface area contributed by atoms with Gasteiger partial charge in [0.2, 0.25) is 0 Å². The van der Waals surface area contributed by atoms with Crippen LogP contribution in [0.25, 0.3) is 11.0 Å². The van der Waals surface area contributed by atoms with Crippen LogP contribution in [0.5, 0.6) is 0 Å². The van der Waals surface area contributed by atoms with E-state index in [2.05, 4.69) is 37.8 Å². The Balaban J connectivity index is 1.90. The molecule has 0 amide bonds. The number of rotatable bonds is 15. The maximum absolute atomic E-state index is 13.8. The fourth-order valence-corrected chi connectivity index (χ4v) is 4.52. The number of furan rings is 1. The SMILES string of the molecule is CCCCc1oc2ccc(C(=O)OC(C)C)cc2c1C(=O)c1ccc(CN(CCCC)CCCC)cc1. The standard InChI is InChI=1S/C32H43NO4/c1-6-9-12-29-30(27-21-26(17-18-28(27)37-29)32(35)36-23(4)5)31(34)25-15-13-24(14-16-25)22-33(19-10-7-2)20-11-8-3/h13-18,21,23H,6-12,19-20,22H2,1-5H3. The lowest BCUT2D eigenvalue weighted by Gasteiger charge is -2.22. The number of ether oxygens (including phenoxy) is 1. The summed E-state index contributed by atoms with van der Waals surface area (Å²) in [6.45, 7) is 13.3. The molecule has 1 aromatic heterocycles. The summed E-state index contributed by atoms with van der Waals surface area (Å²) in [5, 5.41) is 0.670. The number of aryl methyl sites for hydroxylation is 1. The fraction of sp³-hybridized carbons (Fsp3) is 0.500. The molecule has 3 aromatic rings. The van der Waals surface area contributed by atoms with Crippen LogP contribution in [0.2, 0.25) is 0 Å². The van der Waals surface area contributed by atoms with E-state index in [0.29, 0.717) is 39.8 Å². The quantitative estimate of drug-likeness (QED) is 0.155. The van der Waals surface area contributed by atoms with Crippen molar-refractivity contribution in [2.45, 2.75) is 92.2 Å². The number of benzene rings is 2. The molecule has 0 atom stereocenters. The molecule has 0 aliphatic carbocycles. The zero-order valence-corrected chi connectivity index (χ0v) is 23.3. The van der Waals surface area contributed by atoms with Crippen LogP contribution in [-0.2, 0) is 17.7 Å². The predicted molar refractivity (Wildman–Crippen MR) is 150 cm³/mol. The molecule has 0 saturated heterocycles. The van der Waals surface area contributed by atoms with Crippen LogP contribution in [0.1, 0.15) is 111 Å². The summed E-state index contributed by atoms with van der Waals surface area (Å²) < 4.78 is 11.5. The molecule has 0 N–H and O–H groups in total. The van der Waals surface area contributed by atoms with Gasteiger partial charge in [0, 0.05) is 23.9 Å². The van der Waals surface area contributed by atoms with E-state index in [4.69, 9.17) is 9.15 Å². The highest BCUT2D eigenvalue weighted by atomic mass is 16.5. The summed E-state index contributed by atoms with van der Waals surface area (Å²) in [4.78, 5) is 28.8. The number of fused-ring (bicyclic) bond motifs is 1. The predicted octanol–water partition coefficient (Wildman–Crippen LogP) is 7.97. The van der Waals surface area contributed by atoms with E-state index in [0.717, 1.165) is 32.5 Å². The van der Waals surface area contributed by atoms with Crippen molar-refractivity contribution in [1.29, 1.82) is 0 Å². The summed E-state index contributed by atoms with van der Waals surface area (Å²) in [5.41, 5.74) is 3.45. The van der Waals surface area contributed by atoms with Crippen molar-refractivity contribution >= 4 is 22.7 Å². The van der Waals surface area contributed by atoms with Gasteiger partial charge in [0.15, 0.2) is 5.78 Å². The highest BCUT2D eigenvalue weighted by molar-refractivity contribution is 6.17. The third-order valence-electron chi connectivity index (χ3n) is 6.60. The first-order valence-electron chi connectivity index (χ1n) is 14.0. The fourth-order valence-electron chi connectivity index (χ4n) is 4.52.